The second kappa shape index (κ2) is 4.38. The first-order valence-electron chi connectivity index (χ1n) is 4.21. The van der Waals surface area contributed by atoms with Crippen molar-refractivity contribution in [1.82, 2.24) is 0 Å². The Bertz CT molecular complexity index is 342. The van der Waals surface area contributed by atoms with Gasteiger partial charge < -0.3 is 0 Å². The van der Waals surface area contributed by atoms with Gasteiger partial charge in [-0.15, -0.1) is 6.58 Å². The molecule has 0 N–H and O–H groups in total. The van der Waals surface area contributed by atoms with E-state index in [0.29, 0.717) is 5.75 Å². The van der Waals surface area contributed by atoms with Gasteiger partial charge in [-0.2, -0.15) is 0 Å². The van der Waals surface area contributed by atoms with Gasteiger partial charge in [-0.25, -0.2) is 0 Å². The highest BCUT2D eigenvalue weighted by Crippen LogP contribution is 2.14. The highest BCUT2D eigenvalue weighted by Gasteiger charge is 2.04. The molecule has 1 atom stereocenters. The number of hydrogen-bond acceptors (Lipinski definition) is 1. The second-order valence-corrected chi connectivity index (χ2v) is 4.53. The fourth-order valence-electron chi connectivity index (χ4n) is 1.25. The minimum atomic E-state index is -0.921. The van der Waals surface area contributed by atoms with Crippen LogP contribution in [0.4, 0.5) is 0 Å². The maximum atomic E-state index is 11.6. The molecule has 0 bridgehead atoms. The van der Waals surface area contributed by atoms with E-state index in [4.69, 9.17) is 0 Å². The van der Waals surface area contributed by atoms with E-state index in [2.05, 4.69) is 12.6 Å². The van der Waals surface area contributed by atoms with Gasteiger partial charge in [-0.05, 0) is 25.5 Å². The standard InChI is InChI=1S/C11H14OS/c1-4-7-13(12)11-6-5-9(2)8-10(11)3/h4-6,8H,1,7H2,2-3H3. The van der Waals surface area contributed by atoms with E-state index in [1.807, 2.05) is 26.0 Å². The van der Waals surface area contributed by atoms with E-state index in [1.54, 1.807) is 6.08 Å². The SMILES string of the molecule is C=CCS(=O)c1ccc(C)cc1C. The average Bonchev–Trinajstić information content (AvgIpc) is 2.04. The Morgan fingerprint density at radius 1 is 1.46 bits per heavy atom. The van der Waals surface area contributed by atoms with Gasteiger partial charge in [0, 0.05) is 10.6 Å². The molecule has 1 aromatic rings. The van der Waals surface area contributed by atoms with Crippen LogP contribution in [0.25, 0.3) is 0 Å². The lowest BCUT2D eigenvalue weighted by molar-refractivity contribution is 0.684. The predicted octanol–water partition coefficient (Wildman–Crippen LogP) is 2.60. The van der Waals surface area contributed by atoms with Crippen molar-refractivity contribution in [2.75, 3.05) is 5.75 Å². The van der Waals surface area contributed by atoms with E-state index < -0.39 is 10.8 Å². The van der Waals surface area contributed by atoms with Crippen molar-refractivity contribution in [3.63, 3.8) is 0 Å². The molecular formula is C11H14OS. The fraction of sp³-hybridized carbons (Fsp3) is 0.273. The van der Waals surface area contributed by atoms with Crippen molar-refractivity contribution in [3.05, 3.63) is 42.0 Å². The summed E-state index contributed by atoms with van der Waals surface area (Å²) in [4.78, 5) is 0.922. The number of benzene rings is 1. The van der Waals surface area contributed by atoms with Crippen LogP contribution >= 0.6 is 0 Å². The summed E-state index contributed by atoms with van der Waals surface area (Å²) in [7, 11) is -0.921. The van der Waals surface area contributed by atoms with Gasteiger partial charge in [0.05, 0.1) is 10.8 Å². The van der Waals surface area contributed by atoms with Crippen LogP contribution in [-0.2, 0) is 10.8 Å². The Hall–Kier alpha value is -0.890. The first kappa shape index (κ1) is 10.2. The molecule has 1 nitrogen and oxygen atoms in total. The van der Waals surface area contributed by atoms with E-state index in [1.165, 1.54) is 5.56 Å². The van der Waals surface area contributed by atoms with Gasteiger partial charge in [-0.1, -0.05) is 23.8 Å². The lowest BCUT2D eigenvalue weighted by atomic mass is 10.2. The zero-order valence-corrected chi connectivity index (χ0v) is 8.86. The minimum absolute atomic E-state index is 0.532. The molecule has 0 spiro atoms. The monoisotopic (exact) mass is 194 g/mol. The number of aryl methyl sites for hydroxylation is 2. The summed E-state index contributed by atoms with van der Waals surface area (Å²) < 4.78 is 11.6. The van der Waals surface area contributed by atoms with Crippen LogP contribution in [0.1, 0.15) is 11.1 Å². The quantitative estimate of drug-likeness (QED) is 0.676. The molecule has 2 heteroatoms. The number of hydrogen-bond donors (Lipinski definition) is 0. The Morgan fingerprint density at radius 2 is 2.15 bits per heavy atom. The Morgan fingerprint density at radius 3 is 2.69 bits per heavy atom. The summed E-state index contributed by atoms with van der Waals surface area (Å²) in [6.07, 6.45) is 1.69. The van der Waals surface area contributed by atoms with Crippen LogP contribution in [0, 0.1) is 13.8 Å². The maximum Gasteiger partial charge on any atom is 0.0570 e. The molecular weight excluding hydrogens is 180 g/mol. The van der Waals surface area contributed by atoms with E-state index >= 15 is 0 Å². The molecule has 0 aromatic heterocycles. The van der Waals surface area contributed by atoms with Crippen LogP contribution in [0.15, 0.2) is 35.7 Å². The third kappa shape index (κ3) is 2.52. The van der Waals surface area contributed by atoms with Crippen LogP contribution in [0.2, 0.25) is 0 Å². The molecule has 0 fully saturated rings. The van der Waals surface area contributed by atoms with Gasteiger partial charge in [0.15, 0.2) is 0 Å². The third-order valence-corrected chi connectivity index (χ3v) is 3.33. The van der Waals surface area contributed by atoms with Gasteiger partial charge in [0.25, 0.3) is 0 Å². The molecule has 0 heterocycles. The summed E-state index contributed by atoms with van der Waals surface area (Å²) in [5, 5.41) is 0. The number of rotatable bonds is 3. The largest absolute Gasteiger partial charge is 0.254 e. The molecule has 1 unspecified atom stereocenters. The lowest BCUT2D eigenvalue weighted by Gasteiger charge is -2.04. The molecule has 0 saturated heterocycles. The molecule has 0 aliphatic heterocycles. The molecule has 0 amide bonds. The lowest BCUT2D eigenvalue weighted by Crippen LogP contribution is -1.97. The zero-order chi connectivity index (χ0) is 9.84. The molecule has 0 saturated carbocycles. The van der Waals surface area contributed by atoms with Crippen molar-refractivity contribution in [1.29, 1.82) is 0 Å². The van der Waals surface area contributed by atoms with E-state index in [9.17, 15) is 4.21 Å². The minimum Gasteiger partial charge on any atom is -0.254 e. The van der Waals surface area contributed by atoms with Gasteiger partial charge in [-0.3, -0.25) is 4.21 Å². The van der Waals surface area contributed by atoms with Crippen LogP contribution in [0.5, 0.6) is 0 Å². The highest BCUT2D eigenvalue weighted by molar-refractivity contribution is 7.85. The topological polar surface area (TPSA) is 17.1 Å². The predicted molar refractivity (Wildman–Crippen MR) is 57.4 cm³/mol. The Labute approximate surface area is 81.9 Å². The van der Waals surface area contributed by atoms with Crippen molar-refractivity contribution in [2.45, 2.75) is 18.7 Å². The smallest absolute Gasteiger partial charge is 0.0570 e. The average molecular weight is 194 g/mol. The van der Waals surface area contributed by atoms with Crippen molar-refractivity contribution in [3.8, 4) is 0 Å². The second-order valence-electron chi connectivity index (χ2n) is 3.07. The van der Waals surface area contributed by atoms with E-state index in [0.717, 1.165) is 10.5 Å². The summed E-state index contributed by atoms with van der Waals surface area (Å²) >= 11 is 0. The maximum absolute atomic E-state index is 11.6. The first-order chi connectivity index (χ1) is 6.15. The molecule has 70 valence electrons. The normalized spacial score (nSPS) is 12.5. The Balaban J connectivity index is 3.01. The summed E-state index contributed by atoms with van der Waals surface area (Å²) in [6, 6.07) is 5.98. The van der Waals surface area contributed by atoms with E-state index in [-0.39, 0.29) is 0 Å². The molecule has 0 aliphatic carbocycles. The molecule has 0 radical (unpaired) electrons. The van der Waals surface area contributed by atoms with Crippen molar-refractivity contribution >= 4 is 10.8 Å². The van der Waals surface area contributed by atoms with Crippen molar-refractivity contribution in [2.24, 2.45) is 0 Å². The molecule has 13 heavy (non-hydrogen) atoms. The third-order valence-electron chi connectivity index (χ3n) is 1.84. The van der Waals surface area contributed by atoms with Crippen LogP contribution in [-0.4, -0.2) is 9.96 Å². The highest BCUT2D eigenvalue weighted by atomic mass is 32.2. The molecule has 1 aromatic carbocycles. The van der Waals surface area contributed by atoms with Crippen molar-refractivity contribution < 1.29 is 4.21 Å². The van der Waals surface area contributed by atoms with Gasteiger partial charge >= 0.3 is 0 Å². The fourth-order valence-corrected chi connectivity index (χ4v) is 2.28. The summed E-state index contributed by atoms with van der Waals surface area (Å²) in [5.41, 5.74) is 2.30. The zero-order valence-electron chi connectivity index (χ0n) is 8.04. The first-order valence-corrected chi connectivity index (χ1v) is 5.53. The summed E-state index contributed by atoms with van der Waals surface area (Å²) in [6.45, 7) is 7.60. The van der Waals surface area contributed by atoms with Crippen LogP contribution in [0.3, 0.4) is 0 Å². The van der Waals surface area contributed by atoms with Gasteiger partial charge in [0.1, 0.15) is 0 Å². The summed E-state index contributed by atoms with van der Waals surface area (Å²) in [5.74, 6) is 0.532. The molecule has 1 rings (SSSR count). The van der Waals surface area contributed by atoms with Gasteiger partial charge in [0.2, 0.25) is 0 Å². The molecule has 0 aliphatic rings. The van der Waals surface area contributed by atoms with Crippen LogP contribution < -0.4 is 0 Å². The Kier molecular flexibility index (Phi) is 3.43.